The first-order chi connectivity index (χ1) is 9.91. The van der Waals surface area contributed by atoms with Crippen LogP contribution >= 0.6 is 0 Å². The van der Waals surface area contributed by atoms with Crippen LogP contribution in [0.15, 0.2) is 18.2 Å². The van der Waals surface area contributed by atoms with Gasteiger partial charge in [-0.1, -0.05) is 51.3 Å². The highest BCUT2D eigenvalue weighted by Gasteiger charge is 2.27. The van der Waals surface area contributed by atoms with Crippen molar-refractivity contribution in [1.29, 1.82) is 0 Å². The molecule has 0 spiro atoms. The summed E-state index contributed by atoms with van der Waals surface area (Å²) in [4.78, 5) is 0. The summed E-state index contributed by atoms with van der Waals surface area (Å²) < 4.78 is 6.47. The van der Waals surface area contributed by atoms with Gasteiger partial charge in [0.1, 0.15) is 11.9 Å². The Labute approximate surface area is 130 Å². The minimum absolute atomic E-state index is 0.101. The second-order valence-electron chi connectivity index (χ2n) is 7.54. The highest BCUT2D eigenvalue weighted by molar-refractivity contribution is 5.41. The lowest BCUT2D eigenvalue weighted by atomic mass is 9.85. The minimum atomic E-state index is 0.101. The van der Waals surface area contributed by atoms with Gasteiger partial charge < -0.3 is 10.5 Å². The standard InChI is InChI=1S/C19H31NO/c1-14-10-11-18(16(12-14)19(2,3)4)21-17-9-7-5-6-8-15(17)13-20/h10-12,15,17H,5-9,13,20H2,1-4H3. The van der Waals surface area contributed by atoms with Crippen molar-refractivity contribution < 1.29 is 4.74 Å². The zero-order valence-corrected chi connectivity index (χ0v) is 14.1. The van der Waals surface area contributed by atoms with Crippen LogP contribution < -0.4 is 10.5 Å². The van der Waals surface area contributed by atoms with Crippen LogP contribution in [0.1, 0.15) is 64.0 Å². The molecule has 0 radical (unpaired) electrons. The number of aryl methyl sites for hydroxylation is 1. The highest BCUT2D eigenvalue weighted by Crippen LogP contribution is 2.35. The van der Waals surface area contributed by atoms with Gasteiger partial charge in [0.2, 0.25) is 0 Å². The van der Waals surface area contributed by atoms with Gasteiger partial charge in [-0.25, -0.2) is 0 Å². The number of hydrogen-bond donors (Lipinski definition) is 1. The maximum atomic E-state index is 6.47. The molecule has 0 bridgehead atoms. The molecule has 2 nitrogen and oxygen atoms in total. The number of nitrogens with two attached hydrogens (primary N) is 1. The molecule has 118 valence electrons. The fraction of sp³-hybridized carbons (Fsp3) is 0.684. The van der Waals surface area contributed by atoms with Gasteiger partial charge in [-0.15, -0.1) is 0 Å². The van der Waals surface area contributed by atoms with Crippen LogP contribution in [-0.2, 0) is 5.41 Å². The lowest BCUT2D eigenvalue weighted by Gasteiger charge is -2.29. The molecule has 2 atom stereocenters. The van der Waals surface area contributed by atoms with Crippen LogP contribution in [-0.4, -0.2) is 12.6 Å². The van der Waals surface area contributed by atoms with E-state index in [-0.39, 0.29) is 11.5 Å². The van der Waals surface area contributed by atoms with Crippen molar-refractivity contribution in [3.05, 3.63) is 29.3 Å². The molecule has 1 saturated carbocycles. The van der Waals surface area contributed by atoms with Crippen LogP contribution in [0.25, 0.3) is 0 Å². The fourth-order valence-electron chi connectivity index (χ4n) is 3.27. The SMILES string of the molecule is Cc1ccc(OC2CCCCCC2CN)c(C(C)(C)C)c1. The molecular weight excluding hydrogens is 258 g/mol. The Balaban J connectivity index is 2.25. The fourth-order valence-corrected chi connectivity index (χ4v) is 3.27. The first-order valence-electron chi connectivity index (χ1n) is 8.39. The Kier molecular flexibility index (Phi) is 5.32. The van der Waals surface area contributed by atoms with Gasteiger partial charge in [0.25, 0.3) is 0 Å². The van der Waals surface area contributed by atoms with E-state index in [1.54, 1.807) is 0 Å². The molecule has 1 fully saturated rings. The third-order valence-electron chi connectivity index (χ3n) is 4.61. The Hall–Kier alpha value is -1.02. The minimum Gasteiger partial charge on any atom is -0.490 e. The molecule has 1 aromatic carbocycles. The zero-order chi connectivity index (χ0) is 15.5. The summed E-state index contributed by atoms with van der Waals surface area (Å²) in [5.41, 5.74) is 8.69. The summed E-state index contributed by atoms with van der Waals surface area (Å²) >= 11 is 0. The van der Waals surface area contributed by atoms with Crippen LogP contribution in [0.2, 0.25) is 0 Å². The molecule has 2 rings (SSSR count). The van der Waals surface area contributed by atoms with E-state index in [1.165, 1.54) is 36.8 Å². The molecule has 0 amide bonds. The van der Waals surface area contributed by atoms with Gasteiger partial charge in [0, 0.05) is 5.92 Å². The third-order valence-corrected chi connectivity index (χ3v) is 4.61. The molecule has 1 aliphatic carbocycles. The van der Waals surface area contributed by atoms with Crippen molar-refractivity contribution in [1.82, 2.24) is 0 Å². The van der Waals surface area contributed by atoms with E-state index in [1.807, 2.05) is 0 Å². The van der Waals surface area contributed by atoms with Gasteiger partial charge in [0.05, 0.1) is 0 Å². The Morgan fingerprint density at radius 2 is 1.86 bits per heavy atom. The number of hydrogen-bond acceptors (Lipinski definition) is 2. The van der Waals surface area contributed by atoms with E-state index in [0.29, 0.717) is 5.92 Å². The molecule has 2 unspecified atom stereocenters. The van der Waals surface area contributed by atoms with Gasteiger partial charge in [-0.05, 0) is 49.8 Å². The van der Waals surface area contributed by atoms with Crippen molar-refractivity contribution >= 4 is 0 Å². The quantitative estimate of drug-likeness (QED) is 0.827. The molecular formula is C19H31NO. The van der Waals surface area contributed by atoms with Crippen molar-refractivity contribution in [2.24, 2.45) is 11.7 Å². The first-order valence-corrected chi connectivity index (χ1v) is 8.39. The lowest BCUT2D eigenvalue weighted by molar-refractivity contribution is 0.127. The van der Waals surface area contributed by atoms with E-state index in [9.17, 15) is 0 Å². The summed E-state index contributed by atoms with van der Waals surface area (Å²) in [6.45, 7) is 9.64. The zero-order valence-electron chi connectivity index (χ0n) is 14.1. The molecule has 21 heavy (non-hydrogen) atoms. The normalized spacial score (nSPS) is 23.7. The molecule has 2 N–H and O–H groups in total. The monoisotopic (exact) mass is 289 g/mol. The van der Waals surface area contributed by atoms with Crippen LogP contribution in [0.3, 0.4) is 0 Å². The maximum absolute atomic E-state index is 6.47. The third kappa shape index (κ3) is 4.23. The first kappa shape index (κ1) is 16.4. The summed E-state index contributed by atoms with van der Waals surface area (Å²) in [5.74, 6) is 1.56. The van der Waals surface area contributed by atoms with Crippen LogP contribution in [0.5, 0.6) is 5.75 Å². The Bertz CT molecular complexity index is 461. The average molecular weight is 289 g/mol. The molecule has 0 aliphatic heterocycles. The van der Waals surface area contributed by atoms with Gasteiger partial charge in [-0.2, -0.15) is 0 Å². The smallest absolute Gasteiger partial charge is 0.123 e. The molecule has 1 aliphatic rings. The molecule has 0 saturated heterocycles. The van der Waals surface area contributed by atoms with Crippen LogP contribution in [0.4, 0.5) is 0 Å². The summed E-state index contributed by atoms with van der Waals surface area (Å²) in [7, 11) is 0. The van der Waals surface area contributed by atoms with E-state index in [0.717, 1.165) is 18.7 Å². The summed E-state index contributed by atoms with van der Waals surface area (Å²) in [6.07, 6.45) is 6.49. The lowest BCUT2D eigenvalue weighted by Crippen LogP contribution is -2.32. The highest BCUT2D eigenvalue weighted by atomic mass is 16.5. The van der Waals surface area contributed by atoms with Gasteiger partial charge >= 0.3 is 0 Å². The van der Waals surface area contributed by atoms with Crippen molar-refractivity contribution in [2.45, 2.75) is 71.3 Å². The molecule has 0 aromatic heterocycles. The van der Waals surface area contributed by atoms with Gasteiger partial charge in [0.15, 0.2) is 0 Å². The summed E-state index contributed by atoms with van der Waals surface area (Å²) in [5, 5.41) is 0. The number of benzene rings is 1. The topological polar surface area (TPSA) is 35.2 Å². The molecule has 0 heterocycles. The maximum Gasteiger partial charge on any atom is 0.123 e. The molecule has 1 aromatic rings. The number of ether oxygens (including phenoxy) is 1. The number of rotatable bonds is 3. The second-order valence-corrected chi connectivity index (χ2v) is 7.54. The van der Waals surface area contributed by atoms with Crippen molar-refractivity contribution in [3.8, 4) is 5.75 Å². The largest absolute Gasteiger partial charge is 0.490 e. The van der Waals surface area contributed by atoms with E-state index >= 15 is 0 Å². The van der Waals surface area contributed by atoms with E-state index in [2.05, 4.69) is 45.9 Å². The molecule has 2 heteroatoms. The van der Waals surface area contributed by atoms with Crippen molar-refractivity contribution in [2.75, 3.05) is 6.54 Å². The van der Waals surface area contributed by atoms with Gasteiger partial charge in [-0.3, -0.25) is 0 Å². The van der Waals surface area contributed by atoms with E-state index in [4.69, 9.17) is 10.5 Å². The Morgan fingerprint density at radius 3 is 2.52 bits per heavy atom. The predicted molar refractivity (Wildman–Crippen MR) is 89.9 cm³/mol. The Morgan fingerprint density at radius 1 is 1.14 bits per heavy atom. The van der Waals surface area contributed by atoms with Crippen LogP contribution in [0, 0.1) is 12.8 Å². The van der Waals surface area contributed by atoms with Crippen molar-refractivity contribution in [3.63, 3.8) is 0 Å². The second kappa shape index (κ2) is 6.83. The van der Waals surface area contributed by atoms with E-state index < -0.39 is 0 Å². The summed E-state index contributed by atoms with van der Waals surface area (Å²) in [6, 6.07) is 6.57. The predicted octanol–water partition coefficient (Wildman–Crippen LogP) is 4.58. The average Bonchev–Trinajstić information content (AvgIpc) is 2.64.